The molecule has 8 nitrogen and oxygen atoms in total. The molecule has 0 unspecified atom stereocenters. The molecule has 0 radical (unpaired) electrons. The molecule has 0 saturated carbocycles. The lowest BCUT2D eigenvalue weighted by Crippen LogP contribution is -2.13. The first-order valence-corrected chi connectivity index (χ1v) is 9.71. The Morgan fingerprint density at radius 1 is 0.812 bits per heavy atom. The highest BCUT2D eigenvalue weighted by atomic mass is 16.6. The van der Waals surface area contributed by atoms with Crippen molar-refractivity contribution in [3.05, 3.63) is 83.4 Å². The number of benzene rings is 3. The number of ether oxygens (including phenoxy) is 3. The first kappa shape index (κ1) is 22.4. The van der Waals surface area contributed by atoms with Crippen LogP contribution in [-0.2, 0) is 16.1 Å². The zero-order valence-electron chi connectivity index (χ0n) is 17.6. The average Bonchev–Trinajstić information content (AvgIpc) is 2.81. The van der Waals surface area contributed by atoms with Crippen LogP contribution < -0.4 is 20.9 Å². The highest BCUT2D eigenvalue weighted by Crippen LogP contribution is 2.28. The van der Waals surface area contributed by atoms with Crippen LogP contribution in [0, 0.1) is 10.8 Å². The largest absolute Gasteiger partial charge is 0.489 e. The lowest BCUT2D eigenvalue weighted by Gasteiger charge is -2.13. The van der Waals surface area contributed by atoms with Gasteiger partial charge in [-0.05, 0) is 65.2 Å². The number of rotatable bonds is 9. The Bertz CT molecular complexity index is 1140. The Labute approximate surface area is 185 Å². The van der Waals surface area contributed by atoms with E-state index in [-0.39, 0.29) is 24.9 Å². The minimum Gasteiger partial charge on any atom is -0.489 e. The Balaban J connectivity index is 1.87. The van der Waals surface area contributed by atoms with E-state index in [0.717, 1.165) is 16.7 Å². The highest BCUT2D eigenvalue weighted by molar-refractivity contribution is 5.96. The van der Waals surface area contributed by atoms with Gasteiger partial charge in [0.1, 0.15) is 29.8 Å². The van der Waals surface area contributed by atoms with Crippen molar-refractivity contribution in [2.45, 2.75) is 6.61 Å². The van der Waals surface area contributed by atoms with Crippen LogP contribution in [0.5, 0.6) is 11.5 Å². The summed E-state index contributed by atoms with van der Waals surface area (Å²) in [5.74, 6) is 0.576. The van der Waals surface area contributed by atoms with Gasteiger partial charge in [0.25, 0.3) is 0 Å². The Kier molecular flexibility index (Phi) is 7.07. The summed E-state index contributed by atoms with van der Waals surface area (Å²) in [6.45, 7) is 0.0223. The summed E-state index contributed by atoms with van der Waals surface area (Å²) in [5.41, 5.74) is 14.8. The van der Waals surface area contributed by atoms with E-state index >= 15 is 0 Å². The van der Waals surface area contributed by atoms with E-state index in [1.54, 1.807) is 42.5 Å². The zero-order valence-corrected chi connectivity index (χ0v) is 17.6. The third kappa shape index (κ3) is 5.85. The summed E-state index contributed by atoms with van der Waals surface area (Å²) in [4.78, 5) is 11.5. The lowest BCUT2D eigenvalue weighted by atomic mass is 10.0. The van der Waals surface area contributed by atoms with Gasteiger partial charge in [-0.1, -0.05) is 18.2 Å². The van der Waals surface area contributed by atoms with Crippen molar-refractivity contribution in [2.75, 3.05) is 13.7 Å². The van der Waals surface area contributed by atoms with Crippen LogP contribution >= 0.6 is 0 Å². The van der Waals surface area contributed by atoms with Crippen molar-refractivity contribution in [3.8, 4) is 22.6 Å². The predicted molar refractivity (Wildman–Crippen MR) is 122 cm³/mol. The quantitative estimate of drug-likeness (QED) is 0.232. The monoisotopic (exact) mass is 432 g/mol. The number of amidine groups is 2. The van der Waals surface area contributed by atoms with Gasteiger partial charge in [-0.15, -0.1) is 0 Å². The third-order valence-electron chi connectivity index (χ3n) is 4.63. The number of carbonyl (C=O) groups is 1. The molecule has 0 spiro atoms. The van der Waals surface area contributed by atoms with E-state index in [1.165, 1.54) is 7.11 Å². The van der Waals surface area contributed by atoms with E-state index < -0.39 is 5.97 Å². The molecule has 0 aromatic heterocycles. The summed E-state index contributed by atoms with van der Waals surface area (Å²) < 4.78 is 16.1. The van der Waals surface area contributed by atoms with Crippen LogP contribution in [0.3, 0.4) is 0 Å². The number of esters is 1. The minimum absolute atomic E-state index is 0.00978. The molecular weight excluding hydrogens is 408 g/mol. The molecule has 0 bridgehead atoms. The van der Waals surface area contributed by atoms with E-state index in [2.05, 4.69) is 4.74 Å². The van der Waals surface area contributed by atoms with E-state index in [4.69, 9.17) is 31.8 Å². The Morgan fingerprint density at radius 2 is 1.53 bits per heavy atom. The fourth-order valence-electron chi connectivity index (χ4n) is 2.96. The standard InChI is InChI=1S/C24H24N4O4/c1-30-22(29)14-32-21-10-15(13-31-20-7-5-16(6-8-20)23(25)26)9-19(12-21)17-3-2-4-18(11-17)24(27)28/h2-12H,13-14H2,1H3,(H3,25,26)(H3,27,28). The molecular formula is C24H24N4O4. The minimum atomic E-state index is -0.489. The number of hydrogen-bond donors (Lipinski definition) is 4. The van der Waals surface area contributed by atoms with Gasteiger partial charge in [0.2, 0.25) is 0 Å². The summed E-state index contributed by atoms with van der Waals surface area (Å²) in [6.07, 6.45) is 0. The second kappa shape index (κ2) is 10.1. The molecule has 0 atom stereocenters. The van der Waals surface area contributed by atoms with E-state index in [0.29, 0.717) is 22.6 Å². The highest BCUT2D eigenvalue weighted by Gasteiger charge is 2.09. The Morgan fingerprint density at radius 3 is 2.19 bits per heavy atom. The maximum atomic E-state index is 11.5. The van der Waals surface area contributed by atoms with Gasteiger partial charge in [-0.25, -0.2) is 4.79 Å². The van der Waals surface area contributed by atoms with Gasteiger partial charge in [-0.2, -0.15) is 0 Å². The van der Waals surface area contributed by atoms with Crippen LogP contribution in [-0.4, -0.2) is 31.4 Å². The van der Waals surface area contributed by atoms with Gasteiger partial charge in [0.05, 0.1) is 7.11 Å². The molecule has 3 aromatic carbocycles. The molecule has 0 heterocycles. The zero-order chi connectivity index (χ0) is 23.1. The molecule has 0 saturated heterocycles. The topological polar surface area (TPSA) is 145 Å². The molecule has 3 aromatic rings. The molecule has 0 amide bonds. The summed E-state index contributed by atoms with van der Waals surface area (Å²) >= 11 is 0. The van der Waals surface area contributed by atoms with Crippen molar-refractivity contribution in [1.82, 2.24) is 0 Å². The van der Waals surface area contributed by atoms with Crippen molar-refractivity contribution < 1.29 is 19.0 Å². The second-order valence-corrected chi connectivity index (χ2v) is 6.95. The first-order valence-electron chi connectivity index (χ1n) is 9.71. The number of hydrogen-bond acceptors (Lipinski definition) is 6. The summed E-state index contributed by atoms with van der Waals surface area (Å²) in [6, 6.07) is 19.7. The van der Waals surface area contributed by atoms with Crippen molar-refractivity contribution >= 4 is 17.6 Å². The molecule has 0 aliphatic rings. The molecule has 0 aliphatic carbocycles. The fourth-order valence-corrected chi connectivity index (χ4v) is 2.96. The average molecular weight is 432 g/mol. The smallest absolute Gasteiger partial charge is 0.343 e. The lowest BCUT2D eigenvalue weighted by molar-refractivity contribution is -0.142. The number of carbonyl (C=O) groups excluding carboxylic acids is 1. The molecule has 6 N–H and O–H groups in total. The van der Waals surface area contributed by atoms with E-state index in [1.807, 2.05) is 24.3 Å². The fraction of sp³-hybridized carbons (Fsp3) is 0.125. The first-order chi connectivity index (χ1) is 15.4. The van der Waals surface area contributed by atoms with E-state index in [9.17, 15) is 4.79 Å². The van der Waals surface area contributed by atoms with Gasteiger partial charge in [0, 0.05) is 11.1 Å². The molecule has 164 valence electrons. The number of nitrogen functional groups attached to an aromatic ring is 2. The van der Waals surface area contributed by atoms with Crippen molar-refractivity contribution in [3.63, 3.8) is 0 Å². The van der Waals surface area contributed by atoms with Gasteiger partial charge < -0.3 is 25.7 Å². The number of nitrogens with two attached hydrogens (primary N) is 2. The van der Waals surface area contributed by atoms with Gasteiger partial charge in [-0.3, -0.25) is 10.8 Å². The van der Waals surface area contributed by atoms with Crippen LogP contribution in [0.1, 0.15) is 16.7 Å². The maximum Gasteiger partial charge on any atom is 0.343 e. The van der Waals surface area contributed by atoms with Gasteiger partial charge >= 0.3 is 5.97 Å². The predicted octanol–water partition coefficient (Wildman–Crippen LogP) is 3.05. The summed E-state index contributed by atoms with van der Waals surface area (Å²) in [5, 5.41) is 15.1. The molecule has 0 fully saturated rings. The molecule has 0 aliphatic heterocycles. The summed E-state index contributed by atoms with van der Waals surface area (Å²) in [7, 11) is 1.30. The van der Waals surface area contributed by atoms with Crippen LogP contribution in [0.15, 0.2) is 66.7 Å². The van der Waals surface area contributed by atoms with Crippen LogP contribution in [0.4, 0.5) is 0 Å². The van der Waals surface area contributed by atoms with Crippen LogP contribution in [0.2, 0.25) is 0 Å². The third-order valence-corrected chi connectivity index (χ3v) is 4.63. The molecule has 3 rings (SSSR count). The van der Waals surface area contributed by atoms with Gasteiger partial charge in [0.15, 0.2) is 6.61 Å². The van der Waals surface area contributed by atoms with Crippen LogP contribution in [0.25, 0.3) is 11.1 Å². The number of methoxy groups -OCH3 is 1. The maximum absolute atomic E-state index is 11.5. The molecule has 8 heteroatoms. The Hall–Kier alpha value is -4.33. The normalized spacial score (nSPS) is 10.3. The van der Waals surface area contributed by atoms with Crippen molar-refractivity contribution in [1.29, 1.82) is 10.8 Å². The van der Waals surface area contributed by atoms with Crippen molar-refractivity contribution in [2.24, 2.45) is 11.5 Å². The SMILES string of the molecule is COC(=O)COc1cc(COc2ccc(C(=N)N)cc2)cc(-c2cccc(C(=N)N)c2)c1. The molecule has 32 heavy (non-hydrogen) atoms. The second-order valence-electron chi connectivity index (χ2n) is 6.95. The number of nitrogens with one attached hydrogen (secondary N) is 2.